The lowest BCUT2D eigenvalue weighted by Crippen LogP contribution is -2.25. The molecule has 0 aliphatic heterocycles. The smallest absolute Gasteiger partial charge is 0.153 e. The summed E-state index contributed by atoms with van der Waals surface area (Å²) in [5, 5.41) is 7.92. The first kappa shape index (κ1) is 10.1. The van der Waals surface area contributed by atoms with Gasteiger partial charge in [-0.3, -0.25) is 0 Å². The third-order valence-electron chi connectivity index (χ3n) is 3.38. The number of aromatic nitrogens is 3. The van der Waals surface area contributed by atoms with E-state index in [4.69, 9.17) is 5.73 Å². The molecule has 1 aliphatic rings. The molecule has 1 unspecified atom stereocenters. The molecule has 0 saturated heterocycles. The van der Waals surface area contributed by atoms with Crippen LogP contribution < -0.4 is 5.73 Å². The van der Waals surface area contributed by atoms with Crippen LogP contribution in [-0.4, -0.2) is 15.0 Å². The Kier molecular flexibility index (Phi) is 2.39. The highest BCUT2D eigenvalue weighted by Crippen LogP contribution is 2.56. The number of rotatable bonds is 3. The van der Waals surface area contributed by atoms with Crippen molar-refractivity contribution in [3.8, 4) is 0 Å². The molecule has 2 N–H and O–H groups in total. The van der Waals surface area contributed by atoms with Crippen molar-refractivity contribution in [1.29, 1.82) is 0 Å². The molecule has 0 radical (unpaired) electrons. The molecule has 0 spiro atoms. The predicted molar refractivity (Wildman–Crippen MR) is 57.6 cm³/mol. The largest absolute Gasteiger partial charge is 0.322 e. The highest BCUT2D eigenvalue weighted by atomic mass is 79.9. The van der Waals surface area contributed by atoms with Crippen molar-refractivity contribution in [3.63, 3.8) is 0 Å². The van der Waals surface area contributed by atoms with E-state index in [0.29, 0.717) is 5.41 Å². The van der Waals surface area contributed by atoms with Crippen molar-refractivity contribution in [2.75, 3.05) is 0 Å². The van der Waals surface area contributed by atoms with Crippen LogP contribution in [-0.2, 0) is 7.05 Å². The van der Waals surface area contributed by atoms with E-state index >= 15 is 0 Å². The summed E-state index contributed by atoms with van der Waals surface area (Å²) in [6.07, 6.45) is 3.58. The van der Waals surface area contributed by atoms with Gasteiger partial charge in [-0.2, -0.15) is 0 Å². The number of aryl methyl sites for hydroxylation is 1. The monoisotopic (exact) mass is 258 g/mol. The molecule has 1 fully saturated rings. The van der Waals surface area contributed by atoms with Gasteiger partial charge in [0.15, 0.2) is 4.60 Å². The van der Waals surface area contributed by atoms with Crippen LogP contribution in [0.4, 0.5) is 0 Å². The van der Waals surface area contributed by atoms with Crippen molar-refractivity contribution in [1.82, 2.24) is 15.0 Å². The summed E-state index contributed by atoms with van der Waals surface area (Å²) in [5.41, 5.74) is 7.58. The lowest BCUT2D eigenvalue weighted by Gasteiger charge is -2.21. The Labute approximate surface area is 92.0 Å². The van der Waals surface area contributed by atoms with Crippen LogP contribution in [0.2, 0.25) is 0 Å². The first-order valence-electron chi connectivity index (χ1n) is 4.91. The van der Waals surface area contributed by atoms with Gasteiger partial charge in [-0.15, -0.1) is 5.10 Å². The Balaban J connectivity index is 2.31. The Hall–Kier alpha value is -0.420. The molecule has 1 saturated carbocycles. The summed E-state index contributed by atoms with van der Waals surface area (Å²) >= 11 is 3.39. The number of halogens is 1. The molecular weight excluding hydrogens is 244 g/mol. The van der Waals surface area contributed by atoms with E-state index in [1.165, 1.54) is 12.8 Å². The average Bonchev–Trinajstić information content (AvgIpc) is 2.89. The molecule has 14 heavy (non-hydrogen) atoms. The summed E-state index contributed by atoms with van der Waals surface area (Å²) in [6, 6.07) is 0.0573. The van der Waals surface area contributed by atoms with Gasteiger partial charge in [0.1, 0.15) is 0 Å². The third-order valence-corrected chi connectivity index (χ3v) is 3.94. The maximum Gasteiger partial charge on any atom is 0.153 e. The van der Waals surface area contributed by atoms with Crippen LogP contribution in [0.5, 0.6) is 0 Å². The van der Waals surface area contributed by atoms with Gasteiger partial charge in [0.05, 0.1) is 11.7 Å². The van der Waals surface area contributed by atoms with Gasteiger partial charge in [0.25, 0.3) is 0 Å². The van der Waals surface area contributed by atoms with Gasteiger partial charge in [0.2, 0.25) is 0 Å². The number of hydrogen-bond donors (Lipinski definition) is 1. The Morgan fingerprint density at radius 2 is 2.29 bits per heavy atom. The molecule has 0 aromatic carbocycles. The van der Waals surface area contributed by atoms with E-state index < -0.39 is 0 Å². The minimum absolute atomic E-state index is 0.0573. The van der Waals surface area contributed by atoms with Crippen molar-refractivity contribution < 1.29 is 0 Å². The van der Waals surface area contributed by atoms with E-state index in [1.54, 1.807) is 4.68 Å². The van der Waals surface area contributed by atoms with E-state index in [9.17, 15) is 0 Å². The zero-order chi connectivity index (χ0) is 10.3. The molecule has 1 aromatic rings. The summed E-state index contributed by atoms with van der Waals surface area (Å²) in [4.78, 5) is 0. The Bertz CT molecular complexity index is 323. The second-order valence-corrected chi connectivity index (χ2v) is 4.83. The van der Waals surface area contributed by atoms with Crippen LogP contribution in [0, 0.1) is 5.41 Å². The summed E-state index contributed by atoms with van der Waals surface area (Å²) in [5.74, 6) is 0. The number of nitrogens with two attached hydrogens (primary N) is 1. The number of hydrogen-bond acceptors (Lipinski definition) is 3. The van der Waals surface area contributed by atoms with Crippen molar-refractivity contribution in [2.45, 2.75) is 32.2 Å². The minimum Gasteiger partial charge on any atom is -0.322 e. The molecule has 1 aliphatic carbocycles. The molecule has 1 atom stereocenters. The predicted octanol–water partition coefficient (Wildman–Crippen LogP) is 1.77. The molecule has 0 bridgehead atoms. The molecule has 5 heteroatoms. The van der Waals surface area contributed by atoms with Crippen molar-refractivity contribution in [3.05, 3.63) is 10.3 Å². The quantitative estimate of drug-likeness (QED) is 0.899. The SMILES string of the molecule is CCC1(C(N)c2c(Br)nnn2C)CC1. The van der Waals surface area contributed by atoms with Crippen LogP contribution >= 0.6 is 15.9 Å². The van der Waals surface area contributed by atoms with E-state index in [-0.39, 0.29) is 6.04 Å². The zero-order valence-corrected chi connectivity index (χ0v) is 10.1. The van der Waals surface area contributed by atoms with Gasteiger partial charge in [-0.25, -0.2) is 4.68 Å². The lowest BCUT2D eigenvalue weighted by atomic mass is 9.92. The second kappa shape index (κ2) is 3.31. The molecule has 1 aromatic heterocycles. The number of nitrogens with zero attached hydrogens (tertiary/aromatic N) is 3. The summed E-state index contributed by atoms with van der Waals surface area (Å²) in [7, 11) is 1.89. The maximum atomic E-state index is 6.26. The Morgan fingerprint density at radius 3 is 2.64 bits per heavy atom. The van der Waals surface area contributed by atoms with E-state index in [1.807, 2.05) is 7.05 Å². The molecule has 4 nitrogen and oxygen atoms in total. The first-order chi connectivity index (χ1) is 6.60. The van der Waals surface area contributed by atoms with Crippen molar-refractivity contribution in [2.24, 2.45) is 18.2 Å². The van der Waals surface area contributed by atoms with Crippen LogP contribution in [0.25, 0.3) is 0 Å². The molecule has 0 amide bonds. The summed E-state index contributed by atoms with van der Waals surface area (Å²) in [6.45, 7) is 2.20. The normalized spacial score (nSPS) is 20.9. The fourth-order valence-electron chi connectivity index (χ4n) is 2.00. The topological polar surface area (TPSA) is 56.7 Å². The third kappa shape index (κ3) is 1.39. The van der Waals surface area contributed by atoms with Gasteiger partial charge in [-0.1, -0.05) is 12.1 Å². The summed E-state index contributed by atoms with van der Waals surface area (Å²) < 4.78 is 2.55. The Morgan fingerprint density at radius 1 is 1.64 bits per heavy atom. The molecular formula is C9H15BrN4. The average molecular weight is 259 g/mol. The van der Waals surface area contributed by atoms with E-state index in [0.717, 1.165) is 16.7 Å². The van der Waals surface area contributed by atoms with E-state index in [2.05, 4.69) is 33.2 Å². The fraction of sp³-hybridized carbons (Fsp3) is 0.778. The fourth-order valence-corrected chi connectivity index (χ4v) is 2.58. The van der Waals surface area contributed by atoms with Crippen LogP contribution in [0.15, 0.2) is 4.60 Å². The standard InChI is InChI=1S/C9H15BrN4/c1-3-9(4-5-9)7(11)6-8(10)12-13-14(6)2/h7H,3-5,11H2,1-2H3. The van der Waals surface area contributed by atoms with Crippen molar-refractivity contribution >= 4 is 15.9 Å². The van der Waals surface area contributed by atoms with Gasteiger partial charge < -0.3 is 5.73 Å². The molecule has 2 rings (SSSR count). The van der Waals surface area contributed by atoms with Crippen LogP contribution in [0.1, 0.15) is 37.9 Å². The van der Waals surface area contributed by atoms with Gasteiger partial charge in [-0.05, 0) is 40.6 Å². The second-order valence-electron chi connectivity index (χ2n) is 4.08. The zero-order valence-electron chi connectivity index (χ0n) is 8.50. The van der Waals surface area contributed by atoms with Gasteiger partial charge in [0, 0.05) is 7.05 Å². The lowest BCUT2D eigenvalue weighted by molar-refractivity contribution is 0.375. The van der Waals surface area contributed by atoms with Gasteiger partial charge >= 0.3 is 0 Å². The van der Waals surface area contributed by atoms with Crippen LogP contribution in [0.3, 0.4) is 0 Å². The first-order valence-corrected chi connectivity index (χ1v) is 5.70. The molecule has 1 heterocycles. The minimum atomic E-state index is 0.0573. The maximum absolute atomic E-state index is 6.26. The molecule has 78 valence electrons. The highest BCUT2D eigenvalue weighted by molar-refractivity contribution is 9.10. The highest BCUT2D eigenvalue weighted by Gasteiger charge is 2.48.